The molecular weight excluding hydrogens is 212 g/mol. The SMILES string of the molecule is CCCC1CCC(NCc2ncc(C)o2)CC1. The molecule has 0 radical (unpaired) electrons. The van der Waals surface area contributed by atoms with Gasteiger partial charge in [-0.15, -0.1) is 0 Å². The summed E-state index contributed by atoms with van der Waals surface area (Å²) in [5.74, 6) is 2.69. The second kappa shape index (κ2) is 6.20. The lowest BCUT2D eigenvalue weighted by molar-refractivity contribution is 0.271. The largest absolute Gasteiger partial charge is 0.445 e. The highest BCUT2D eigenvalue weighted by Gasteiger charge is 2.20. The molecule has 96 valence electrons. The van der Waals surface area contributed by atoms with E-state index in [-0.39, 0.29) is 0 Å². The van der Waals surface area contributed by atoms with Crippen molar-refractivity contribution in [3.63, 3.8) is 0 Å². The van der Waals surface area contributed by atoms with Crippen LogP contribution in [0.1, 0.15) is 57.1 Å². The monoisotopic (exact) mass is 236 g/mol. The topological polar surface area (TPSA) is 38.1 Å². The summed E-state index contributed by atoms with van der Waals surface area (Å²) in [5.41, 5.74) is 0. The lowest BCUT2D eigenvalue weighted by atomic mass is 9.83. The quantitative estimate of drug-likeness (QED) is 0.851. The summed E-state index contributed by atoms with van der Waals surface area (Å²) < 4.78 is 5.46. The molecule has 0 unspecified atom stereocenters. The van der Waals surface area contributed by atoms with Crippen molar-refractivity contribution in [2.75, 3.05) is 0 Å². The maximum Gasteiger partial charge on any atom is 0.208 e. The van der Waals surface area contributed by atoms with Crippen molar-refractivity contribution in [1.29, 1.82) is 0 Å². The van der Waals surface area contributed by atoms with Gasteiger partial charge in [-0.25, -0.2) is 4.98 Å². The standard InChI is InChI=1S/C14H24N2O/c1-3-4-12-5-7-13(8-6-12)15-10-14-16-9-11(2)17-14/h9,12-13,15H,3-8,10H2,1-2H3. The summed E-state index contributed by atoms with van der Waals surface area (Å²) in [5, 5.41) is 3.56. The molecule has 17 heavy (non-hydrogen) atoms. The van der Waals surface area contributed by atoms with Crippen molar-refractivity contribution in [2.45, 2.75) is 65.0 Å². The van der Waals surface area contributed by atoms with Crippen molar-refractivity contribution in [1.82, 2.24) is 10.3 Å². The summed E-state index contributed by atoms with van der Waals surface area (Å²) in [6, 6.07) is 0.662. The second-order valence-corrected chi connectivity index (χ2v) is 5.25. The Labute approximate surface area is 104 Å². The Bertz CT molecular complexity index is 327. The highest BCUT2D eigenvalue weighted by molar-refractivity contribution is 4.91. The van der Waals surface area contributed by atoms with Crippen LogP contribution in [-0.4, -0.2) is 11.0 Å². The van der Waals surface area contributed by atoms with Gasteiger partial charge < -0.3 is 9.73 Å². The van der Waals surface area contributed by atoms with E-state index >= 15 is 0 Å². The zero-order valence-electron chi connectivity index (χ0n) is 11.0. The van der Waals surface area contributed by atoms with Crippen LogP contribution >= 0.6 is 0 Å². The fourth-order valence-electron chi connectivity index (χ4n) is 2.78. The number of aromatic nitrogens is 1. The Balaban J connectivity index is 1.68. The minimum atomic E-state index is 0.662. The van der Waals surface area contributed by atoms with Crippen LogP contribution in [0.15, 0.2) is 10.6 Å². The summed E-state index contributed by atoms with van der Waals surface area (Å²) in [6.07, 6.45) is 9.92. The van der Waals surface area contributed by atoms with Gasteiger partial charge in [-0.3, -0.25) is 0 Å². The Kier molecular flexibility index (Phi) is 4.60. The molecule has 0 saturated heterocycles. The molecule has 0 bridgehead atoms. The fourth-order valence-corrected chi connectivity index (χ4v) is 2.78. The Hall–Kier alpha value is -0.830. The van der Waals surface area contributed by atoms with Gasteiger partial charge in [0.2, 0.25) is 5.89 Å². The molecule has 1 aromatic rings. The molecule has 0 atom stereocenters. The highest BCUT2D eigenvalue weighted by Crippen LogP contribution is 2.27. The van der Waals surface area contributed by atoms with E-state index in [0.717, 1.165) is 24.1 Å². The first-order valence-corrected chi connectivity index (χ1v) is 6.92. The fraction of sp³-hybridized carbons (Fsp3) is 0.786. The molecule has 1 aliphatic rings. The molecule has 3 nitrogen and oxygen atoms in total. The Morgan fingerprint density at radius 1 is 1.35 bits per heavy atom. The van der Waals surface area contributed by atoms with Crippen molar-refractivity contribution in [3.8, 4) is 0 Å². The average Bonchev–Trinajstić information content (AvgIpc) is 2.75. The summed E-state index contributed by atoms with van der Waals surface area (Å²) in [6.45, 7) is 5.00. The van der Waals surface area contributed by atoms with E-state index in [0.29, 0.717) is 6.04 Å². The van der Waals surface area contributed by atoms with Gasteiger partial charge in [0.1, 0.15) is 5.76 Å². The molecule has 0 amide bonds. The van der Waals surface area contributed by atoms with E-state index < -0.39 is 0 Å². The molecule has 0 aromatic carbocycles. The van der Waals surface area contributed by atoms with Gasteiger partial charge in [-0.1, -0.05) is 19.8 Å². The van der Waals surface area contributed by atoms with E-state index in [9.17, 15) is 0 Å². The summed E-state index contributed by atoms with van der Waals surface area (Å²) >= 11 is 0. The van der Waals surface area contributed by atoms with Crippen LogP contribution in [0.3, 0.4) is 0 Å². The van der Waals surface area contributed by atoms with Crippen LogP contribution < -0.4 is 5.32 Å². The van der Waals surface area contributed by atoms with E-state index in [1.807, 2.05) is 6.92 Å². The van der Waals surface area contributed by atoms with E-state index in [4.69, 9.17) is 4.42 Å². The maximum atomic E-state index is 5.46. The number of hydrogen-bond donors (Lipinski definition) is 1. The predicted molar refractivity (Wildman–Crippen MR) is 68.7 cm³/mol. The first kappa shape index (κ1) is 12.6. The van der Waals surface area contributed by atoms with Crippen molar-refractivity contribution < 1.29 is 4.42 Å². The van der Waals surface area contributed by atoms with Crippen molar-refractivity contribution in [2.24, 2.45) is 5.92 Å². The zero-order valence-corrected chi connectivity index (χ0v) is 11.0. The van der Waals surface area contributed by atoms with E-state index in [1.165, 1.54) is 38.5 Å². The van der Waals surface area contributed by atoms with E-state index in [2.05, 4.69) is 17.2 Å². The van der Waals surface area contributed by atoms with Crippen LogP contribution in [0.2, 0.25) is 0 Å². The summed E-state index contributed by atoms with van der Waals surface area (Å²) in [4.78, 5) is 4.22. The Morgan fingerprint density at radius 3 is 2.71 bits per heavy atom. The third-order valence-electron chi connectivity index (χ3n) is 3.75. The smallest absolute Gasteiger partial charge is 0.208 e. The lowest BCUT2D eigenvalue weighted by Crippen LogP contribution is -2.32. The number of rotatable bonds is 5. The number of nitrogens with zero attached hydrogens (tertiary/aromatic N) is 1. The number of oxazole rings is 1. The molecule has 3 heteroatoms. The average molecular weight is 236 g/mol. The number of hydrogen-bond acceptors (Lipinski definition) is 3. The van der Waals surface area contributed by atoms with Crippen LogP contribution in [-0.2, 0) is 6.54 Å². The van der Waals surface area contributed by atoms with Crippen LogP contribution in [0.5, 0.6) is 0 Å². The summed E-state index contributed by atoms with van der Waals surface area (Å²) in [7, 11) is 0. The molecule has 0 aliphatic heterocycles. The number of nitrogens with one attached hydrogen (secondary N) is 1. The molecule has 1 fully saturated rings. The molecular formula is C14H24N2O. The molecule has 1 aliphatic carbocycles. The van der Waals surface area contributed by atoms with Gasteiger partial charge in [0.05, 0.1) is 12.7 Å². The first-order valence-electron chi connectivity index (χ1n) is 6.92. The molecule has 1 heterocycles. The second-order valence-electron chi connectivity index (χ2n) is 5.25. The third-order valence-corrected chi connectivity index (χ3v) is 3.75. The molecule has 1 aromatic heterocycles. The minimum absolute atomic E-state index is 0.662. The molecule has 2 rings (SSSR count). The molecule has 1 N–H and O–H groups in total. The zero-order chi connectivity index (χ0) is 12.1. The van der Waals surface area contributed by atoms with Gasteiger partial charge in [0.15, 0.2) is 0 Å². The van der Waals surface area contributed by atoms with Gasteiger partial charge >= 0.3 is 0 Å². The minimum Gasteiger partial charge on any atom is -0.445 e. The van der Waals surface area contributed by atoms with Crippen molar-refractivity contribution in [3.05, 3.63) is 17.8 Å². The lowest BCUT2D eigenvalue weighted by Gasteiger charge is -2.28. The van der Waals surface area contributed by atoms with Gasteiger partial charge in [-0.05, 0) is 38.5 Å². The normalized spacial score (nSPS) is 25.1. The Morgan fingerprint density at radius 2 is 2.12 bits per heavy atom. The molecule has 1 saturated carbocycles. The predicted octanol–water partition coefficient (Wildman–Crippen LogP) is 3.43. The van der Waals surface area contributed by atoms with Gasteiger partial charge in [0, 0.05) is 6.04 Å². The third kappa shape index (κ3) is 3.84. The van der Waals surface area contributed by atoms with Crippen molar-refractivity contribution >= 4 is 0 Å². The van der Waals surface area contributed by atoms with E-state index in [1.54, 1.807) is 6.20 Å². The molecule has 0 spiro atoms. The van der Waals surface area contributed by atoms with Gasteiger partial charge in [0.25, 0.3) is 0 Å². The first-order chi connectivity index (χ1) is 8.28. The van der Waals surface area contributed by atoms with Crippen LogP contribution in [0.25, 0.3) is 0 Å². The number of aryl methyl sites for hydroxylation is 1. The van der Waals surface area contributed by atoms with Crippen LogP contribution in [0.4, 0.5) is 0 Å². The highest BCUT2D eigenvalue weighted by atomic mass is 16.4. The maximum absolute atomic E-state index is 5.46. The van der Waals surface area contributed by atoms with Crippen LogP contribution in [0, 0.1) is 12.8 Å². The van der Waals surface area contributed by atoms with Gasteiger partial charge in [-0.2, -0.15) is 0 Å².